The summed E-state index contributed by atoms with van der Waals surface area (Å²) in [4.78, 5) is 0. The summed E-state index contributed by atoms with van der Waals surface area (Å²) in [6.07, 6.45) is 0. The number of rotatable bonds is 4. The highest BCUT2D eigenvalue weighted by molar-refractivity contribution is 5.90. The number of hydrogen-bond acceptors (Lipinski definition) is 4. The summed E-state index contributed by atoms with van der Waals surface area (Å²) in [5, 5.41) is 5.59. The van der Waals surface area contributed by atoms with Crippen LogP contribution in [0.1, 0.15) is 0 Å². The highest BCUT2D eigenvalue weighted by atomic mass is 15.4. The van der Waals surface area contributed by atoms with E-state index in [9.17, 15) is 0 Å². The van der Waals surface area contributed by atoms with Crippen LogP contribution in [-0.4, -0.2) is 0 Å². The summed E-state index contributed by atoms with van der Waals surface area (Å²) in [7, 11) is 0. The van der Waals surface area contributed by atoms with Gasteiger partial charge < -0.3 is 0 Å². The van der Waals surface area contributed by atoms with Gasteiger partial charge in [-0.15, -0.1) is 0 Å². The SMILES string of the molecule is NN(c1ccccc1)c1ccc2ccc(N(N)c3ccccc3)cc2c1. The summed E-state index contributed by atoms with van der Waals surface area (Å²) in [6, 6.07) is 32.1. The molecule has 0 saturated heterocycles. The smallest absolute Gasteiger partial charge is 0.0581 e. The van der Waals surface area contributed by atoms with Gasteiger partial charge in [-0.25, -0.2) is 11.7 Å². The minimum Gasteiger partial charge on any atom is -0.280 e. The first-order valence-electron chi connectivity index (χ1n) is 8.46. The van der Waals surface area contributed by atoms with E-state index in [2.05, 4.69) is 24.3 Å². The molecule has 0 aliphatic rings. The number of hydrazine groups is 2. The molecule has 0 heterocycles. The fourth-order valence-electron chi connectivity index (χ4n) is 3.00. The Morgan fingerprint density at radius 3 is 1.27 bits per heavy atom. The van der Waals surface area contributed by atoms with Crippen molar-refractivity contribution in [2.75, 3.05) is 10.0 Å². The average Bonchev–Trinajstić information content (AvgIpc) is 2.73. The van der Waals surface area contributed by atoms with Crippen LogP contribution in [0.4, 0.5) is 22.7 Å². The Bertz CT molecular complexity index is 936. The van der Waals surface area contributed by atoms with Gasteiger partial charge in [-0.3, -0.25) is 10.0 Å². The van der Waals surface area contributed by atoms with Crippen LogP contribution in [0.3, 0.4) is 0 Å². The minimum atomic E-state index is 0.920. The van der Waals surface area contributed by atoms with Gasteiger partial charge in [0, 0.05) is 0 Å². The molecule has 0 bridgehead atoms. The summed E-state index contributed by atoms with van der Waals surface area (Å²) in [5.41, 5.74) is 3.72. The van der Waals surface area contributed by atoms with Crippen LogP contribution in [0.15, 0.2) is 97.1 Å². The van der Waals surface area contributed by atoms with Crippen molar-refractivity contribution in [1.29, 1.82) is 0 Å². The van der Waals surface area contributed by atoms with Crippen molar-refractivity contribution in [3.63, 3.8) is 0 Å². The second-order valence-corrected chi connectivity index (χ2v) is 6.13. The molecule has 0 amide bonds. The van der Waals surface area contributed by atoms with Crippen molar-refractivity contribution >= 4 is 33.5 Å². The summed E-state index contributed by atoms with van der Waals surface area (Å²) >= 11 is 0. The van der Waals surface area contributed by atoms with Crippen LogP contribution in [0, 0.1) is 0 Å². The standard InChI is InChI=1S/C22H20N4/c23-25(19-7-3-1-4-8-19)21-13-11-17-12-14-22(16-18(17)15-21)26(24)20-9-5-2-6-10-20/h1-16H,23-24H2. The molecule has 4 nitrogen and oxygen atoms in total. The molecule has 128 valence electrons. The molecule has 0 aromatic heterocycles. The van der Waals surface area contributed by atoms with Crippen LogP contribution in [0.5, 0.6) is 0 Å². The third-order valence-electron chi connectivity index (χ3n) is 4.43. The molecule has 0 fully saturated rings. The quantitative estimate of drug-likeness (QED) is 0.411. The van der Waals surface area contributed by atoms with Crippen molar-refractivity contribution in [2.24, 2.45) is 11.7 Å². The molecular formula is C22H20N4. The first-order chi connectivity index (χ1) is 12.7. The van der Waals surface area contributed by atoms with Gasteiger partial charge in [0.1, 0.15) is 0 Å². The fraction of sp³-hybridized carbons (Fsp3) is 0. The zero-order valence-electron chi connectivity index (χ0n) is 14.3. The van der Waals surface area contributed by atoms with E-state index < -0.39 is 0 Å². The lowest BCUT2D eigenvalue weighted by molar-refractivity contribution is 1.09. The Hall–Kier alpha value is -3.34. The predicted octanol–water partition coefficient (Wildman–Crippen LogP) is 4.86. The van der Waals surface area contributed by atoms with E-state index in [-0.39, 0.29) is 0 Å². The maximum atomic E-state index is 6.29. The Morgan fingerprint density at radius 1 is 0.423 bits per heavy atom. The summed E-state index contributed by atoms with van der Waals surface area (Å²) in [6.45, 7) is 0. The van der Waals surface area contributed by atoms with Crippen LogP contribution >= 0.6 is 0 Å². The number of nitrogens with two attached hydrogens (primary N) is 2. The van der Waals surface area contributed by atoms with Crippen molar-refractivity contribution in [3.8, 4) is 0 Å². The first kappa shape index (κ1) is 16.1. The zero-order chi connectivity index (χ0) is 17.9. The van der Waals surface area contributed by atoms with Gasteiger partial charge in [-0.1, -0.05) is 48.5 Å². The third kappa shape index (κ3) is 3.11. The largest absolute Gasteiger partial charge is 0.280 e. The predicted molar refractivity (Wildman–Crippen MR) is 109 cm³/mol. The number of anilines is 4. The van der Waals surface area contributed by atoms with Gasteiger partial charge in [-0.2, -0.15) is 0 Å². The molecule has 0 aliphatic carbocycles. The average molecular weight is 340 g/mol. The summed E-state index contributed by atoms with van der Waals surface area (Å²) in [5.74, 6) is 12.6. The number of nitrogens with zero attached hydrogens (tertiary/aromatic N) is 2. The van der Waals surface area contributed by atoms with Crippen LogP contribution in [0.2, 0.25) is 0 Å². The van der Waals surface area contributed by atoms with Crippen molar-refractivity contribution in [1.82, 2.24) is 0 Å². The zero-order valence-corrected chi connectivity index (χ0v) is 14.3. The lowest BCUT2D eigenvalue weighted by Gasteiger charge is -2.21. The molecule has 26 heavy (non-hydrogen) atoms. The molecule has 0 unspecified atom stereocenters. The Labute approximate surface area is 152 Å². The maximum Gasteiger partial charge on any atom is 0.0581 e. The van der Waals surface area contributed by atoms with E-state index in [4.69, 9.17) is 11.7 Å². The lowest BCUT2D eigenvalue weighted by Crippen LogP contribution is -2.25. The normalized spacial score (nSPS) is 10.7. The van der Waals surface area contributed by atoms with E-state index >= 15 is 0 Å². The van der Waals surface area contributed by atoms with Gasteiger partial charge >= 0.3 is 0 Å². The molecule has 0 radical (unpaired) electrons. The fourth-order valence-corrected chi connectivity index (χ4v) is 3.00. The molecule has 4 rings (SSSR count). The number of fused-ring (bicyclic) bond motifs is 1. The second-order valence-electron chi connectivity index (χ2n) is 6.13. The number of para-hydroxylation sites is 2. The van der Waals surface area contributed by atoms with Gasteiger partial charge in [0.2, 0.25) is 0 Å². The highest BCUT2D eigenvalue weighted by Crippen LogP contribution is 2.29. The third-order valence-corrected chi connectivity index (χ3v) is 4.43. The van der Waals surface area contributed by atoms with E-state index in [0.717, 1.165) is 33.5 Å². The lowest BCUT2D eigenvalue weighted by atomic mass is 10.1. The Kier molecular flexibility index (Phi) is 4.27. The molecule has 0 spiro atoms. The van der Waals surface area contributed by atoms with Crippen LogP contribution < -0.4 is 21.7 Å². The Morgan fingerprint density at radius 2 is 0.846 bits per heavy atom. The van der Waals surface area contributed by atoms with Crippen molar-refractivity contribution in [3.05, 3.63) is 97.1 Å². The molecular weight excluding hydrogens is 320 g/mol. The van der Waals surface area contributed by atoms with Crippen LogP contribution in [-0.2, 0) is 0 Å². The van der Waals surface area contributed by atoms with Crippen LogP contribution in [0.25, 0.3) is 10.8 Å². The number of benzene rings is 4. The first-order valence-corrected chi connectivity index (χ1v) is 8.46. The molecule has 4 heteroatoms. The van der Waals surface area contributed by atoms with Crippen molar-refractivity contribution < 1.29 is 0 Å². The van der Waals surface area contributed by atoms with Gasteiger partial charge in [0.15, 0.2) is 0 Å². The van der Waals surface area contributed by atoms with Crippen molar-refractivity contribution in [2.45, 2.75) is 0 Å². The number of hydrogen-bond donors (Lipinski definition) is 2. The van der Waals surface area contributed by atoms with Gasteiger partial charge in [0.25, 0.3) is 0 Å². The molecule has 4 N–H and O–H groups in total. The minimum absolute atomic E-state index is 0.920. The van der Waals surface area contributed by atoms with E-state index in [1.807, 2.05) is 72.8 Å². The summed E-state index contributed by atoms with van der Waals surface area (Å²) < 4.78 is 0. The van der Waals surface area contributed by atoms with E-state index in [0.29, 0.717) is 0 Å². The van der Waals surface area contributed by atoms with Gasteiger partial charge in [-0.05, 0) is 59.3 Å². The van der Waals surface area contributed by atoms with E-state index in [1.165, 1.54) is 0 Å². The molecule has 0 saturated carbocycles. The van der Waals surface area contributed by atoms with E-state index in [1.54, 1.807) is 10.0 Å². The molecule has 0 atom stereocenters. The maximum absolute atomic E-state index is 6.29. The Balaban J connectivity index is 1.71. The molecule has 0 aliphatic heterocycles. The second kappa shape index (κ2) is 6.88. The topological polar surface area (TPSA) is 58.5 Å². The molecule has 4 aromatic carbocycles. The monoisotopic (exact) mass is 340 g/mol. The highest BCUT2D eigenvalue weighted by Gasteiger charge is 2.08. The molecule has 4 aromatic rings. The van der Waals surface area contributed by atoms with Gasteiger partial charge in [0.05, 0.1) is 22.7 Å².